The van der Waals surface area contributed by atoms with Gasteiger partial charge >= 0.3 is 17.9 Å². The molecule has 0 aliphatic heterocycles. The third-order valence-electron chi connectivity index (χ3n) is 7.13. The highest BCUT2D eigenvalue weighted by Gasteiger charge is 2.46. The van der Waals surface area contributed by atoms with E-state index in [2.05, 4.69) is 36.4 Å². The van der Waals surface area contributed by atoms with Crippen LogP contribution in [0.2, 0.25) is 0 Å². The molecule has 6 nitrogen and oxygen atoms in total. The summed E-state index contributed by atoms with van der Waals surface area (Å²) in [4.78, 5) is 36.0. The van der Waals surface area contributed by atoms with Crippen LogP contribution in [-0.2, 0) is 20.8 Å². The number of aliphatic carboxylic acids is 2. The number of aromatic carboxylic acids is 1. The van der Waals surface area contributed by atoms with E-state index in [-0.39, 0.29) is 18.4 Å². The summed E-state index contributed by atoms with van der Waals surface area (Å²) >= 11 is 1.65. The number of rotatable bonds is 13. The molecule has 0 fully saturated rings. The molecule has 0 unspecified atom stereocenters. The molecule has 4 aromatic rings. The lowest BCUT2D eigenvalue weighted by atomic mass is 9.78. The highest BCUT2D eigenvalue weighted by atomic mass is 32.2. The molecule has 4 aromatic carbocycles. The van der Waals surface area contributed by atoms with E-state index in [9.17, 15) is 24.6 Å². The maximum Gasteiger partial charge on any atom is 0.335 e. The van der Waals surface area contributed by atoms with Gasteiger partial charge in [0.1, 0.15) is 0 Å². The van der Waals surface area contributed by atoms with Crippen LogP contribution in [0.5, 0.6) is 0 Å². The third kappa shape index (κ3) is 5.95. The molecular formula is C33H30O6S. The Morgan fingerprint density at radius 2 is 1.02 bits per heavy atom. The van der Waals surface area contributed by atoms with Gasteiger partial charge in [-0.05, 0) is 59.4 Å². The molecule has 4 rings (SSSR count). The van der Waals surface area contributed by atoms with Crippen LogP contribution < -0.4 is 0 Å². The molecule has 0 saturated carbocycles. The summed E-state index contributed by atoms with van der Waals surface area (Å²) in [6.45, 7) is 0. The fraction of sp³-hybridized carbons (Fsp3) is 0.182. The molecule has 7 heteroatoms. The maximum absolute atomic E-state index is 12.4. The average Bonchev–Trinajstić information content (AvgIpc) is 2.98. The second-order valence-corrected chi connectivity index (χ2v) is 10.9. The smallest absolute Gasteiger partial charge is 0.335 e. The van der Waals surface area contributed by atoms with Crippen molar-refractivity contribution in [3.05, 3.63) is 143 Å². The zero-order valence-electron chi connectivity index (χ0n) is 21.8. The Labute approximate surface area is 237 Å². The second kappa shape index (κ2) is 12.7. The van der Waals surface area contributed by atoms with Gasteiger partial charge in [0.15, 0.2) is 5.41 Å². The number of hydrogen-bond donors (Lipinski definition) is 3. The van der Waals surface area contributed by atoms with Crippen molar-refractivity contribution in [2.24, 2.45) is 5.41 Å². The van der Waals surface area contributed by atoms with Crippen LogP contribution in [0.15, 0.2) is 115 Å². The van der Waals surface area contributed by atoms with E-state index in [1.165, 1.54) is 24.3 Å². The first-order valence-corrected chi connectivity index (χ1v) is 13.9. The van der Waals surface area contributed by atoms with Gasteiger partial charge in [0.25, 0.3) is 0 Å². The van der Waals surface area contributed by atoms with Gasteiger partial charge in [0, 0.05) is 0 Å². The molecule has 0 heterocycles. The Bertz CT molecular complexity index is 1330. The third-order valence-corrected chi connectivity index (χ3v) is 8.77. The summed E-state index contributed by atoms with van der Waals surface area (Å²) in [5.41, 5.74) is 1.67. The molecule has 0 atom stereocenters. The second-order valence-electron chi connectivity index (χ2n) is 9.60. The fourth-order valence-corrected chi connectivity index (χ4v) is 6.53. The minimum absolute atomic E-state index is 0.0514. The molecule has 0 spiro atoms. The van der Waals surface area contributed by atoms with Gasteiger partial charge in [-0.25, -0.2) is 4.79 Å². The SMILES string of the molecule is O=C(O)c1ccc(CC(CCCSC(c2ccccc2)(c2ccccc2)c2ccccc2)(C(=O)O)C(=O)O)cc1. The molecule has 0 aliphatic rings. The van der Waals surface area contributed by atoms with Gasteiger partial charge in [0.05, 0.1) is 10.3 Å². The van der Waals surface area contributed by atoms with E-state index in [0.29, 0.717) is 17.7 Å². The first kappa shape index (κ1) is 28.6. The molecule has 40 heavy (non-hydrogen) atoms. The average molecular weight is 555 g/mol. The zero-order chi connectivity index (χ0) is 28.6. The first-order chi connectivity index (χ1) is 19.3. The van der Waals surface area contributed by atoms with Crippen molar-refractivity contribution < 1.29 is 29.7 Å². The van der Waals surface area contributed by atoms with Gasteiger partial charge in [-0.15, -0.1) is 11.8 Å². The van der Waals surface area contributed by atoms with Crippen LogP contribution in [-0.4, -0.2) is 39.0 Å². The molecule has 0 amide bonds. The normalized spacial score (nSPS) is 11.6. The Hall–Kier alpha value is -4.36. The van der Waals surface area contributed by atoms with Crippen LogP contribution in [0, 0.1) is 5.41 Å². The van der Waals surface area contributed by atoms with Gasteiger partial charge < -0.3 is 15.3 Å². The van der Waals surface area contributed by atoms with Gasteiger partial charge in [-0.2, -0.15) is 0 Å². The van der Waals surface area contributed by atoms with Crippen LogP contribution in [0.1, 0.15) is 45.5 Å². The van der Waals surface area contributed by atoms with Crippen molar-refractivity contribution in [3.63, 3.8) is 0 Å². The van der Waals surface area contributed by atoms with E-state index in [0.717, 1.165) is 16.7 Å². The van der Waals surface area contributed by atoms with Gasteiger partial charge in [0.2, 0.25) is 0 Å². The molecule has 0 radical (unpaired) electrons. The first-order valence-electron chi connectivity index (χ1n) is 12.9. The highest BCUT2D eigenvalue weighted by molar-refractivity contribution is 8.00. The number of carbonyl (C=O) groups is 3. The monoisotopic (exact) mass is 554 g/mol. The van der Waals surface area contributed by atoms with Gasteiger partial charge in [-0.1, -0.05) is 103 Å². The molecule has 0 bridgehead atoms. The van der Waals surface area contributed by atoms with Gasteiger partial charge in [-0.3, -0.25) is 9.59 Å². The largest absolute Gasteiger partial charge is 0.480 e. The van der Waals surface area contributed by atoms with Crippen LogP contribution in [0.4, 0.5) is 0 Å². The quantitative estimate of drug-likeness (QED) is 0.0971. The van der Waals surface area contributed by atoms with Crippen LogP contribution in [0.3, 0.4) is 0 Å². The molecule has 0 aliphatic carbocycles. The van der Waals surface area contributed by atoms with E-state index < -0.39 is 28.1 Å². The standard InChI is InChI=1S/C33H30O6S/c34-29(35)25-19-17-24(18-20-25)23-32(30(36)37,31(38)39)21-10-22-40-33(26-11-4-1-5-12-26,27-13-6-2-7-14-27)28-15-8-3-9-16-28/h1-9,11-20H,10,21-23H2,(H,34,35)(H,36,37)(H,38,39). The molecule has 0 saturated heterocycles. The predicted octanol–water partition coefficient (Wildman–Crippen LogP) is 6.59. The summed E-state index contributed by atoms with van der Waals surface area (Å²) in [7, 11) is 0. The number of carboxylic acids is 3. The topological polar surface area (TPSA) is 112 Å². The molecule has 3 N–H and O–H groups in total. The summed E-state index contributed by atoms with van der Waals surface area (Å²) in [5.74, 6) is -3.43. The van der Waals surface area contributed by atoms with Crippen LogP contribution in [0.25, 0.3) is 0 Å². The number of benzene rings is 4. The maximum atomic E-state index is 12.4. The van der Waals surface area contributed by atoms with E-state index in [1.807, 2.05) is 54.6 Å². The Kier molecular flexibility index (Phi) is 9.07. The highest BCUT2D eigenvalue weighted by Crippen LogP contribution is 2.49. The summed E-state index contributed by atoms with van der Waals surface area (Å²) in [6.07, 6.45) is 0.00789. The van der Waals surface area contributed by atoms with E-state index in [1.54, 1.807) is 11.8 Å². The lowest BCUT2D eigenvalue weighted by Crippen LogP contribution is -2.41. The Morgan fingerprint density at radius 1 is 0.600 bits per heavy atom. The van der Waals surface area contributed by atoms with E-state index >= 15 is 0 Å². The van der Waals surface area contributed by atoms with Crippen molar-refractivity contribution in [1.29, 1.82) is 0 Å². The number of hydrogen-bond acceptors (Lipinski definition) is 4. The van der Waals surface area contributed by atoms with Crippen molar-refractivity contribution >= 4 is 29.7 Å². The fourth-order valence-electron chi connectivity index (χ4n) is 5.03. The number of carboxylic acid groups (broad SMARTS) is 3. The lowest BCUT2D eigenvalue weighted by Gasteiger charge is -2.36. The van der Waals surface area contributed by atoms with E-state index in [4.69, 9.17) is 5.11 Å². The van der Waals surface area contributed by atoms with Crippen molar-refractivity contribution in [2.75, 3.05) is 5.75 Å². The Balaban J connectivity index is 1.64. The van der Waals surface area contributed by atoms with Crippen molar-refractivity contribution in [1.82, 2.24) is 0 Å². The Morgan fingerprint density at radius 3 is 1.40 bits per heavy atom. The minimum atomic E-state index is -2.04. The molecule has 0 aromatic heterocycles. The lowest BCUT2D eigenvalue weighted by molar-refractivity contribution is -0.165. The van der Waals surface area contributed by atoms with Crippen molar-refractivity contribution in [3.8, 4) is 0 Å². The zero-order valence-corrected chi connectivity index (χ0v) is 22.6. The summed E-state index contributed by atoms with van der Waals surface area (Å²) < 4.78 is -0.592. The van der Waals surface area contributed by atoms with Crippen molar-refractivity contribution in [2.45, 2.75) is 24.0 Å². The molecule has 204 valence electrons. The minimum Gasteiger partial charge on any atom is -0.480 e. The summed E-state index contributed by atoms with van der Waals surface area (Å²) in [5, 5.41) is 29.4. The molecular weight excluding hydrogens is 524 g/mol. The number of thioether (sulfide) groups is 1. The van der Waals surface area contributed by atoms with Crippen LogP contribution >= 0.6 is 11.8 Å². The predicted molar refractivity (Wildman–Crippen MR) is 156 cm³/mol. The summed E-state index contributed by atoms with van der Waals surface area (Å²) in [6, 6.07) is 36.0.